The molecule has 1 aromatic heterocycles. The zero-order valence-electron chi connectivity index (χ0n) is 10.0. The molecule has 0 spiro atoms. The summed E-state index contributed by atoms with van der Waals surface area (Å²) >= 11 is 0. The van der Waals surface area contributed by atoms with Crippen LogP contribution in [-0.4, -0.2) is 23.7 Å². The molecule has 1 aromatic rings. The molecule has 2 unspecified atom stereocenters. The van der Waals surface area contributed by atoms with Crippen molar-refractivity contribution in [1.29, 1.82) is 5.26 Å². The van der Waals surface area contributed by atoms with Gasteiger partial charge in [0.25, 0.3) is 0 Å². The summed E-state index contributed by atoms with van der Waals surface area (Å²) in [6.07, 6.45) is 4.29. The first kappa shape index (κ1) is 12.0. The van der Waals surface area contributed by atoms with E-state index in [2.05, 4.69) is 17.2 Å². The molecule has 0 aromatic carbocycles. The normalized spacial score (nSPS) is 21.1. The number of nitrogens with zero attached hydrogens (tertiary/aromatic N) is 2. The highest BCUT2D eigenvalue weighted by atomic mass is 16.5. The molecule has 4 heteroatoms. The summed E-state index contributed by atoms with van der Waals surface area (Å²) in [5.41, 5.74) is 1.55. The number of nitriles is 1. The fourth-order valence-electron chi connectivity index (χ4n) is 2.05. The molecule has 90 valence electrons. The van der Waals surface area contributed by atoms with E-state index in [0.717, 1.165) is 31.6 Å². The molecule has 2 rings (SSSR count). The highest BCUT2D eigenvalue weighted by Gasteiger charge is 2.21. The fraction of sp³-hybridized carbons (Fsp3) is 0.538. The lowest BCUT2D eigenvalue weighted by Crippen LogP contribution is -2.36. The lowest BCUT2D eigenvalue weighted by Gasteiger charge is -2.20. The third-order valence-electron chi connectivity index (χ3n) is 3.09. The summed E-state index contributed by atoms with van der Waals surface area (Å²) < 4.78 is 5.62. The topological polar surface area (TPSA) is 57.9 Å². The van der Waals surface area contributed by atoms with E-state index in [1.807, 2.05) is 18.2 Å². The Morgan fingerprint density at radius 1 is 1.71 bits per heavy atom. The van der Waals surface area contributed by atoms with E-state index < -0.39 is 0 Å². The Kier molecular flexibility index (Phi) is 4.08. The predicted octanol–water partition coefficient (Wildman–Crippen LogP) is 1.61. The summed E-state index contributed by atoms with van der Waals surface area (Å²) in [6.45, 7) is 3.77. The van der Waals surface area contributed by atoms with Crippen LogP contribution in [0.15, 0.2) is 18.3 Å². The van der Waals surface area contributed by atoms with E-state index >= 15 is 0 Å². The van der Waals surface area contributed by atoms with E-state index in [1.165, 1.54) is 0 Å². The van der Waals surface area contributed by atoms with Crippen molar-refractivity contribution in [3.05, 3.63) is 29.6 Å². The van der Waals surface area contributed by atoms with Gasteiger partial charge in [-0.25, -0.2) is 4.98 Å². The van der Waals surface area contributed by atoms with E-state index in [9.17, 15) is 0 Å². The van der Waals surface area contributed by atoms with Crippen molar-refractivity contribution in [2.75, 3.05) is 6.61 Å². The highest BCUT2D eigenvalue weighted by molar-refractivity contribution is 5.25. The van der Waals surface area contributed by atoms with Gasteiger partial charge in [-0.05, 0) is 37.5 Å². The molecule has 4 nitrogen and oxygen atoms in total. The Morgan fingerprint density at radius 3 is 3.29 bits per heavy atom. The molecule has 1 aliphatic rings. The van der Waals surface area contributed by atoms with Crippen LogP contribution >= 0.6 is 0 Å². The first-order chi connectivity index (χ1) is 8.29. The first-order valence-corrected chi connectivity index (χ1v) is 5.99. The number of rotatable bonds is 4. The molecule has 2 heterocycles. The van der Waals surface area contributed by atoms with Crippen LogP contribution in [-0.2, 0) is 11.3 Å². The molecule has 1 N–H and O–H groups in total. The molecule has 0 amide bonds. The summed E-state index contributed by atoms with van der Waals surface area (Å²) in [5.74, 6) is 0. The Balaban J connectivity index is 1.86. The van der Waals surface area contributed by atoms with Crippen molar-refractivity contribution in [2.45, 2.75) is 38.5 Å². The zero-order chi connectivity index (χ0) is 12.1. The summed E-state index contributed by atoms with van der Waals surface area (Å²) in [5, 5.41) is 12.2. The molecule has 0 radical (unpaired) electrons. The van der Waals surface area contributed by atoms with Gasteiger partial charge in [-0.2, -0.15) is 5.26 Å². The van der Waals surface area contributed by atoms with E-state index in [4.69, 9.17) is 10.00 Å². The van der Waals surface area contributed by atoms with Crippen molar-refractivity contribution >= 4 is 0 Å². The van der Waals surface area contributed by atoms with Gasteiger partial charge in [-0.15, -0.1) is 0 Å². The maximum absolute atomic E-state index is 8.76. The lowest BCUT2D eigenvalue weighted by molar-refractivity contribution is 0.0832. The SMILES string of the molecule is CC(NCc1ccnc(C#N)c1)C1CCCO1. The van der Waals surface area contributed by atoms with Gasteiger partial charge in [0.15, 0.2) is 0 Å². The van der Waals surface area contributed by atoms with E-state index in [1.54, 1.807) is 6.20 Å². The van der Waals surface area contributed by atoms with Crippen LogP contribution in [0.3, 0.4) is 0 Å². The van der Waals surface area contributed by atoms with Gasteiger partial charge < -0.3 is 10.1 Å². The molecule has 1 saturated heterocycles. The summed E-state index contributed by atoms with van der Waals surface area (Å²) in [4.78, 5) is 3.95. The van der Waals surface area contributed by atoms with Gasteiger partial charge in [-0.1, -0.05) is 0 Å². The van der Waals surface area contributed by atoms with Gasteiger partial charge in [0, 0.05) is 25.4 Å². The minimum atomic E-state index is 0.326. The second-order valence-corrected chi connectivity index (χ2v) is 4.38. The zero-order valence-corrected chi connectivity index (χ0v) is 10.0. The third kappa shape index (κ3) is 3.26. The van der Waals surface area contributed by atoms with Crippen molar-refractivity contribution in [2.24, 2.45) is 0 Å². The van der Waals surface area contributed by atoms with Gasteiger partial charge in [0.1, 0.15) is 11.8 Å². The summed E-state index contributed by atoms with van der Waals surface area (Å²) in [7, 11) is 0. The van der Waals surface area contributed by atoms with Crippen LogP contribution < -0.4 is 5.32 Å². The van der Waals surface area contributed by atoms with Crippen LogP contribution in [0, 0.1) is 11.3 Å². The average molecular weight is 231 g/mol. The predicted molar refractivity (Wildman–Crippen MR) is 64.2 cm³/mol. The summed E-state index contributed by atoms with van der Waals surface area (Å²) in [6, 6.07) is 6.13. The number of hydrogen-bond donors (Lipinski definition) is 1. The van der Waals surface area contributed by atoms with Gasteiger partial charge >= 0.3 is 0 Å². The molecule has 1 aliphatic heterocycles. The quantitative estimate of drug-likeness (QED) is 0.855. The number of nitrogens with one attached hydrogen (secondary N) is 1. The highest BCUT2D eigenvalue weighted by Crippen LogP contribution is 2.15. The molecule has 0 saturated carbocycles. The van der Waals surface area contributed by atoms with E-state index in [-0.39, 0.29) is 0 Å². The van der Waals surface area contributed by atoms with Crippen LogP contribution in [0.4, 0.5) is 0 Å². The largest absolute Gasteiger partial charge is 0.377 e. The monoisotopic (exact) mass is 231 g/mol. The van der Waals surface area contributed by atoms with Gasteiger partial charge in [0.2, 0.25) is 0 Å². The Hall–Kier alpha value is -1.44. The molecular weight excluding hydrogens is 214 g/mol. The second kappa shape index (κ2) is 5.76. The Labute approximate surface area is 102 Å². The van der Waals surface area contributed by atoms with Gasteiger partial charge in [0.05, 0.1) is 6.10 Å². The number of ether oxygens (including phenoxy) is 1. The number of aromatic nitrogens is 1. The van der Waals surface area contributed by atoms with Crippen LogP contribution in [0.25, 0.3) is 0 Å². The fourth-order valence-corrected chi connectivity index (χ4v) is 2.05. The van der Waals surface area contributed by atoms with Gasteiger partial charge in [-0.3, -0.25) is 0 Å². The molecular formula is C13H17N3O. The lowest BCUT2D eigenvalue weighted by atomic mass is 10.1. The first-order valence-electron chi connectivity index (χ1n) is 5.99. The van der Waals surface area contributed by atoms with Crippen LogP contribution in [0.1, 0.15) is 31.0 Å². The Morgan fingerprint density at radius 2 is 2.59 bits per heavy atom. The molecule has 1 fully saturated rings. The van der Waals surface area contributed by atoms with Crippen molar-refractivity contribution in [1.82, 2.24) is 10.3 Å². The standard InChI is InChI=1S/C13H17N3O/c1-10(13-3-2-6-17-13)16-9-11-4-5-15-12(7-11)8-14/h4-5,7,10,13,16H,2-3,6,9H2,1H3. The number of pyridine rings is 1. The third-order valence-corrected chi connectivity index (χ3v) is 3.09. The van der Waals surface area contributed by atoms with Crippen molar-refractivity contribution in [3.8, 4) is 6.07 Å². The maximum Gasteiger partial charge on any atom is 0.140 e. The molecule has 17 heavy (non-hydrogen) atoms. The second-order valence-electron chi connectivity index (χ2n) is 4.38. The molecule has 0 bridgehead atoms. The smallest absolute Gasteiger partial charge is 0.140 e. The van der Waals surface area contributed by atoms with Crippen molar-refractivity contribution < 1.29 is 4.74 Å². The van der Waals surface area contributed by atoms with Crippen molar-refractivity contribution in [3.63, 3.8) is 0 Å². The van der Waals surface area contributed by atoms with E-state index in [0.29, 0.717) is 17.8 Å². The minimum Gasteiger partial charge on any atom is -0.377 e. The number of hydrogen-bond acceptors (Lipinski definition) is 4. The maximum atomic E-state index is 8.76. The molecule has 2 atom stereocenters. The Bertz CT molecular complexity index is 407. The minimum absolute atomic E-state index is 0.326. The van der Waals surface area contributed by atoms with Crippen LogP contribution in [0.2, 0.25) is 0 Å². The average Bonchev–Trinajstić information content (AvgIpc) is 2.90. The van der Waals surface area contributed by atoms with Crippen LogP contribution in [0.5, 0.6) is 0 Å². The molecule has 0 aliphatic carbocycles.